The van der Waals surface area contributed by atoms with Gasteiger partial charge in [0.15, 0.2) is 0 Å². The van der Waals surface area contributed by atoms with Crippen molar-refractivity contribution in [3.05, 3.63) is 53.3 Å². The summed E-state index contributed by atoms with van der Waals surface area (Å²) in [6, 6.07) is 9.30. The first-order valence-corrected chi connectivity index (χ1v) is 11.9. The van der Waals surface area contributed by atoms with Gasteiger partial charge in [-0.3, -0.25) is 9.78 Å². The molecule has 0 saturated carbocycles. The number of hydrogen-bond donors (Lipinski definition) is 1. The molecule has 2 amide bonds. The van der Waals surface area contributed by atoms with Crippen LogP contribution < -0.4 is 10.2 Å². The molecule has 3 aromatic rings. The topological polar surface area (TPSA) is 101 Å². The number of amides is 2. The number of carbonyl (C=O) groups is 2. The molecule has 10 heteroatoms. The van der Waals surface area contributed by atoms with Gasteiger partial charge in [-0.25, -0.2) is 14.8 Å². The van der Waals surface area contributed by atoms with Crippen LogP contribution in [0.25, 0.3) is 10.7 Å². The van der Waals surface area contributed by atoms with E-state index in [1.165, 1.54) is 11.3 Å². The van der Waals surface area contributed by atoms with Crippen molar-refractivity contribution in [2.75, 3.05) is 36.4 Å². The Morgan fingerprint density at radius 1 is 1.06 bits per heavy atom. The van der Waals surface area contributed by atoms with Gasteiger partial charge in [0.05, 0.1) is 23.3 Å². The third-order valence-corrected chi connectivity index (χ3v) is 6.35. The number of anilines is 2. The van der Waals surface area contributed by atoms with E-state index in [-0.39, 0.29) is 12.0 Å². The Bertz CT molecular complexity index is 1150. The summed E-state index contributed by atoms with van der Waals surface area (Å²) in [6.45, 7) is 9.93. The van der Waals surface area contributed by atoms with Crippen LogP contribution in [0.5, 0.6) is 0 Å². The van der Waals surface area contributed by atoms with E-state index in [2.05, 4.69) is 25.2 Å². The van der Waals surface area contributed by atoms with Crippen molar-refractivity contribution in [1.82, 2.24) is 19.9 Å². The summed E-state index contributed by atoms with van der Waals surface area (Å²) in [4.78, 5) is 42.7. The summed E-state index contributed by atoms with van der Waals surface area (Å²) in [5, 5.41) is 3.56. The highest BCUT2D eigenvalue weighted by Crippen LogP contribution is 2.27. The molecule has 1 N–H and O–H groups in total. The number of hydrogen-bond acceptors (Lipinski definition) is 8. The molecule has 0 radical (unpaired) electrons. The van der Waals surface area contributed by atoms with Crippen LogP contribution in [0.15, 0.2) is 42.7 Å². The summed E-state index contributed by atoms with van der Waals surface area (Å²) in [7, 11) is 0. The zero-order valence-corrected chi connectivity index (χ0v) is 20.6. The molecule has 3 aromatic heterocycles. The number of nitrogens with one attached hydrogen (secondary N) is 1. The predicted molar refractivity (Wildman–Crippen MR) is 132 cm³/mol. The summed E-state index contributed by atoms with van der Waals surface area (Å²) in [5.41, 5.74) is 1.83. The first-order valence-electron chi connectivity index (χ1n) is 11.1. The van der Waals surface area contributed by atoms with E-state index in [9.17, 15) is 9.59 Å². The van der Waals surface area contributed by atoms with Crippen molar-refractivity contribution in [2.45, 2.75) is 33.3 Å². The quantitative estimate of drug-likeness (QED) is 0.597. The third-order valence-electron chi connectivity index (χ3n) is 5.17. The Hall–Kier alpha value is -3.53. The standard InChI is InChI=1S/C24H28N6O3S/c1-16-20(34-22(27-16)18-7-5-6-10-25-18)21(31)28-19-9-8-17(15-26-19)29-11-13-30(14-12-29)23(32)33-24(2,3)4/h5-10,15H,11-14H2,1-4H3,(H,26,28,31). The predicted octanol–water partition coefficient (Wildman–Crippen LogP) is 4.22. The number of aryl methyl sites for hydroxylation is 1. The van der Waals surface area contributed by atoms with Crippen LogP contribution in [-0.4, -0.2) is 63.6 Å². The number of pyridine rings is 2. The van der Waals surface area contributed by atoms with Crippen molar-refractivity contribution in [2.24, 2.45) is 0 Å². The molecule has 0 unspecified atom stereocenters. The number of rotatable bonds is 4. The van der Waals surface area contributed by atoms with Gasteiger partial charge in [0, 0.05) is 32.4 Å². The summed E-state index contributed by atoms with van der Waals surface area (Å²) in [5.74, 6) is 0.219. The molecule has 0 atom stereocenters. The maximum absolute atomic E-state index is 12.8. The number of aromatic nitrogens is 3. The number of thiazole rings is 1. The number of carbonyl (C=O) groups excluding carboxylic acids is 2. The highest BCUT2D eigenvalue weighted by Gasteiger charge is 2.26. The minimum atomic E-state index is -0.504. The Balaban J connectivity index is 1.34. The van der Waals surface area contributed by atoms with Crippen molar-refractivity contribution in [3.8, 4) is 10.7 Å². The van der Waals surface area contributed by atoms with Gasteiger partial charge in [-0.2, -0.15) is 0 Å². The monoisotopic (exact) mass is 480 g/mol. The molecule has 178 valence electrons. The SMILES string of the molecule is Cc1nc(-c2ccccn2)sc1C(=O)Nc1ccc(N2CCN(C(=O)OC(C)(C)C)CC2)cn1. The highest BCUT2D eigenvalue weighted by molar-refractivity contribution is 7.17. The Labute approximate surface area is 202 Å². The fraction of sp³-hybridized carbons (Fsp3) is 0.375. The Kier molecular flexibility index (Phi) is 6.78. The van der Waals surface area contributed by atoms with E-state index in [1.807, 2.05) is 52.0 Å². The molecule has 1 aliphatic heterocycles. The summed E-state index contributed by atoms with van der Waals surface area (Å²) >= 11 is 1.31. The molecule has 1 saturated heterocycles. The van der Waals surface area contributed by atoms with Crippen molar-refractivity contribution >= 4 is 34.8 Å². The first kappa shape index (κ1) is 23.6. The lowest BCUT2D eigenvalue weighted by Gasteiger charge is -2.36. The zero-order chi connectivity index (χ0) is 24.3. The Morgan fingerprint density at radius 3 is 2.44 bits per heavy atom. The molecular weight excluding hydrogens is 452 g/mol. The van der Waals surface area contributed by atoms with E-state index in [0.29, 0.717) is 47.6 Å². The van der Waals surface area contributed by atoms with E-state index in [4.69, 9.17) is 4.74 Å². The Morgan fingerprint density at radius 2 is 1.82 bits per heavy atom. The molecular formula is C24H28N6O3S. The average Bonchev–Trinajstić information content (AvgIpc) is 3.21. The van der Waals surface area contributed by atoms with Gasteiger partial charge < -0.3 is 19.9 Å². The lowest BCUT2D eigenvalue weighted by molar-refractivity contribution is 0.0240. The minimum absolute atomic E-state index is 0.247. The lowest BCUT2D eigenvalue weighted by Crippen LogP contribution is -2.50. The maximum atomic E-state index is 12.8. The summed E-state index contributed by atoms with van der Waals surface area (Å²) in [6.07, 6.45) is 3.15. The van der Waals surface area contributed by atoms with Gasteiger partial charge in [-0.1, -0.05) is 6.07 Å². The fourth-order valence-electron chi connectivity index (χ4n) is 3.50. The average molecular weight is 481 g/mol. The van der Waals surface area contributed by atoms with Crippen molar-refractivity contribution < 1.29 is 14.3 Å². The molecule has 4 heterocycles. The van der Waals surface area contributed by atoms with Crippen LogP contribution in [0.3, 0.4) is 0 Å². The van der Waals surface area contributed by atoms with E-state index in [1.54, 1.807) is 23.4 Å². The van der Waals surface area contributed by atoms with E-state index < -0.39 is 5.60 Å². The molecule has 0 spiro atoms. The summed E-state index contributed by atoms with van der Waals surface area (Å²) < 4.78 is 5.45. The van der Waals surface area contributed by atoms with E-state index in [0.717, 1.165) is 11.4 Å². The zero-order valence-electron chi connectivity index (χ0n) is 19.7. The van der Waals surface area contributed by atoms with Gasteiger partial charge in [-0.05, 0) is 52.0 Å². The maximum Gasteiger partial charge on any atom is 0.410 e. The van der Waals surface area contributed by atoms with Crippen molar-refractivity contribution in [3.63, 3.8) is 0 Å². The molecule has 4 rings (SSSR count). The van der Waals surface area contributed by atoms with Gasteiger partial charge >= 0.3 is 6.09 Å². The second kappa shape index (κ2) is 9.76. The van der Waals surface area contributed by atoms with Crippen LogP contribution in [0.1, 0.15) is 36.1 Å². The van der Waals surface area contributed by atoms with Crippen molar-refractivity contribution in [1.29, 1.82) is 0 Å². The highest BCUT2D eigenvalue weighted by atomic mass is 32.1. The van der Waals surface area contributed by atoms with Gasteiger partial charge in [0.2, 0.25) is 0 Å². The third kappa shape index (κ3) is 5.69. The molecule has 1 fully saturated rings. The first-order chi connectivity index (χ1) is 16.2. The smallest absolute Gasteiger partial charge is 0.410 e. The van der Waals surface area contributed by atoms with Crippen LogP contribution in [0, 0.1) is 6.92 Å². The van der Waals surface area contributed by atoms with Gasteiger partial charge in [-0.15, -0.1) is 11.3 Å². The lowest BCUT2D eigenvalue weighted by atomic mass is 10.2. The largest absolute Gasteiger partial charge is 0.444 e. The normalized spacial score (nSPS) is 14.1. The second-order valence-corrected chi connectivity index (χ2v) is 9.96. The molecule has 34 heavy (non-hydrogen) atoms. The van der Waals surface area contributed by atoms with Crippen LogP contribution >= 0.6 is 11.3 Å². The molecule has 9 nitrogen and oxygen atoms in total. The van der Waals surface area contributed by atoms with Gasteiger partial charge in [0.25, 0.3) is 5.91 Å². The van der Waals surface area contributed by atoms with Crippen LogP contribution in [0.2, 0.25) is 0 Å². The number of piperazine rings is 1. The number of ether oxygens (including phenoxy) is 1. The fourth-order valence-corrected chi connectivity index (χ4v) is 4.44. The van der Waals surface area contributed by atoms with E-state index >= 15 is 0 Å². The van der Waals surface area contributed by atoms with Crippen LogP contribution in [0.4, 0.5) is 16.3 Å². The van der Waals surface area contributed by atoms with Crippen LogP contribution in [-0.2, 0) is 4.74 Å². The molecule has 0 aromatic carbocycles. The second-order valence-electron chi connectivity index (χ2n) is 8.96. The number of nitrogens with zero attached hydrogens (tertiary/aromatic N) is 5. The van der Waals surface area contributed by atoms with Gasteiger partial charge in [0.1, 0.15) is 21.3 Å². The molecule has 0 bridgehead atoms. The minimum Gasteiger partial charge on any atom is -0.444 e. The molecule has 0 aliphatic carbocycles. The molecule has 1 aliphatic rings.